The standard InChI is InChI=1S/C19H19N3O4/c1-3-25-19(23)15-6-4-5-7-16(15)20-12-17-21-22-18(26-17)13-8-10-14(24-2)11-9-13/h4-11,20H,3,12H2,1-2H3. The first kappa shape index (κ1) is 17.5. The first-order valence-corrected chi connectivity index (χ1v) is 8.18. The van der Waals surface area contributed by atoms with E-state index in [1.54, 1.807) is 32.2 Å². The number of para-hydroxylation sites is 1. The molecule has 7 nitrogen and oxygen atoms in total. The van der Waals surface area contributed by atoms with Crippen LogP contribution < -0.4 is 10.1 Å². The van der Waals surface area contributed by atoms with Gasteiger partial charge in [0.2, 0.25) is 11.8 Å². The number of anilines is 1. The van der Waals surface area contributed by atoms with Gasteiger partial charge in [0, 0.05) is 11.3 Å². The number of nitrogens with zero attached hydrogens (tertiary/aromatic N) is 2. The highest BCUT2D eigenvalue weighted by molar-refractivity contribution is 5.95. The minimum absolute atomic E-state index is 0.291. The molecule has 1 N–H and O–H groups in total. The first-order valence-electron chi connectivity index (χ1n) is 8.18. The number of methoxy groups -OCH3 is 1. The molecule has 1 aromatic heterocycles. The quantitative estimate of drug-likeness (QED) is 0.650. The predicted molar refractivity (Wildman–Crippen MR) is 96.0 cm³/mol. The fraction of sp³-hybridized carbons (Fsp3) is 0.211. The van der Waals surface area contributed by atoms with Crippen LogP contribution in [0.5, 0.6) is 5.75 Å². The monoisotopic (exact) mass is 353 g/mol. The van der Waals surface area contributed by atoms with Crippen LogP contribution >= 0.6 is 0 Å². The van der Waals surface area contributed by atoms with E-state index in [4.69, 9.17) is 13.9 Å². The molecule has 0 atom stereocenters. The molecule has 0 spiro atoms. The fourth-order valence-corrected chi connectivity index (χ4v) is 2.37. The molecular formula is C19H19N3O4. The van der Waals surface area contributed by atoms with Crippen molar-refractivity contribution in [2.24, 2.45) is 0 Å². The maximum Gasteiger partial charge on any atom is 0.340 e. The lowest BCUT2D eigenvalue weighted by Gasteiger charge is -2.09. The summed E-state index contributed by atoms with van der Waals surface area (Å²) in [7, 11) is 1.61. The summed E-state index contributed by atoms with van der Waals surface area (Å²) < 4.78 is 15.9. The Bertz CT molecular complexity index is 875. The van der Waals surface area contributed by atoms with Gasteiger partial charge in [0.25, 0.3) is 0 Å². The summed E-state index contributed by atoms with van der Waals surface area (Å²) in [5.41, 5.74) is 1.91. The highest BCUT2D eigenvalue weighted by Crippen LogP contribution is 2.22. The van der Waals surface area contributed by atoms with Gasteiger partial charge in [0.15, 0.2) is 0 Å². The number of nitrogens with one attached hydrogen (secondary N) is 1. The number of ether oxygens (including phenoxy) is 2. The van der Waals surface area contributed by atoms with Gasteiger partial charge in [-0.1, -0.05) is 12.1 Å². The first-order chi connectivity index (χ1) is 12.7. The van der Waals surface area contributed by atoms with Crippen molar-refractivity contribution in [1.82, 2.24) is 10.2 Å². The molecule has 3 aromatic rings. The van der Waals surface area contributed by atoms with Gasteiger partial charge in [-0.3, -0.25) is 0 Å². The number of hydrogen-bond acceptors (Lipinski definition) is 7. The summed E-state index contributed by atoms with van der Waals surface area (Å²) in [4.78, 5) is 12.0. The molecule has 134 valence electrons. The summed E-state index contributed by atoms with van der Waals surface area (Å²) >= 11 is 0. The highest BCUT2D eigenvalue weighted by atomic mass is 16.5. The Morgan fingerprint density at radius 1 is 1.12 bits per heavy atom. The molecule has 26 heavy (non-hydrogen) atoms. The second kappa shape index (κ2) is 8.15. The van der Waals surface area contributed by atoms with Crippen LogP contribution in [0, 0.1) is 0 Å². The number of esters is 1. The Kier molecular flexibility index (Phi) is 5.48. The lowest BCUT2D eigenvalue weighted by atomic mass is 10.2. The lowest BCUT2D eigenvalue weighted by molar-refractivity contribution is 0.0527. The summed E-state index contributed by atoms with van der Waals surface area (Å²) in [6, 6.07) is 14.5. The Hall–Kier alpha value is -3.35. The predicted octanol–water partition coefficient (Wildman–Crippen LogP) is 3.53. The van der Waals surface area contributed by atoms with E-state index in [2.05, 4.69) is 15.5 Å². The van der Waals surface area contributed by atoms with E-state index in [-0.39, 0.29) is 5.97 Å². The number of rotatable bonds is 7. The van der Waals surface area contributed by atoms with Crippen LogP contribution in [0.15, 0.2) is 52.9 Å². The second-order valence-electron chi connectivity index (χ2n) is 5.35. The van der Waals surface area contributed by atoms with Crippen LogP contribution in [0.2, 0.25) is 0 Å². The Balaban J connectivity index is 1.69. The Morgan fingerprint density at radius 3 is 2.62 bits per heavy atom. The summed E-state index contributed by atoms with van der Waals surface area (Å²) in [5, 5.41) is 11.2. The van der Waals surface area contributed by atoms with Crippen molar-refractivity contribution in [3.63, 3.8) is 0 Å². The van der Waals surface area contributed by atoms with E-state index >= 15 is 0 Å². The third-order valence-electron chi connectivity index (χ3n) is 3.66. The molecule has 0 unspecified atom stereocenters. The zero-order chi connectivity index (χ0) is 18.4. The molecule has 0 saturated carbocycles. The average molecular weight is 353 g/mol. The number of benzene rings is 2. The van der Waals surface area contributed by atoms with Crippen LogP contribution in [0.25, 0.3) is 11.5 Å². The largest absolute Gasteiger partial charge is 0.497 e. The molecule has 3 rings (SSSR count). The third-order valence-corrected chi connectivity index (χ3v) is 3.66. The number of hydrogen-bond donors (Lipinski definition) is 1. The van der Waals surface area contributed by atoms with Gasteiger partial charge in [-0.25, -0.2) is 4.79 Å². The number of carbonyl (C=O) groups excluding carboxylic acids is 1. The van der Waals surface area contributed by atoms with E-state index < -0.39 is 0 Å². The van der Waals surface area contributed by atoms with Crippen LogP contribution in [0.1, 0.15) is 23.2 Å². The zero-order valence-corrected chi connectivity index (χ0v) is 14.6. The molecule has 0 saturated heterocycles. The van der Waals surface area contributed by atoms with Crippen molar-refractivity contribution in [3.8, 4) is 17.2 Å². The van der Waals surface area contributed by atoms with Crippen molar-refractivity contribution in [2.75, 3.05) is 19.0 Å². The minimum Gasteiger partial charge on any atom is -0.497 e. The second-order valence-corrected chi connectivity index (χ2v) is 5.35. The van der Waals surface area contributed by atoms with E-state index in [9.17, 15) is 4.79 Å². The van der Waals surface area contributed by atoms with Crippen LogP contribution in [0.3, 0.4) is 0 Å². The van der Waals surface area contributed by atoms with Gasteiger partial charge in [-0.05, 0) is 43.3 Å². The van der Waals surface area contributed by atoms with Gasteiger partial charge >= 0.3 is 5.97 Å². The number of carbonyl (C=O) groups is 1. The summed E-state index contributed by atoms with van der Waals surface area (Å²) in [6.45, 7) is 2.38. The van der Waals surface area contributed by atoms with Crippen molar-refractivity contribution >= 4 is 11.7 Å². The van der Waals surface area contributed by atoms with Crippen LogP contribution in [-0.4, -0.2) is 29.9 Å². The Morgan fingerprint density at radius 2 is 1.88 bits per heavy atom. The molecular weight excluding hydrogens is 334 g/mol. The van der Waals surface area contributed by atoms with E-state index in [0.29, 0.717) is 36.2 Å². The molecule has 0 aliphatic rings. The van der Waals surface area contributed by atoms with Crippen molar-refractivity contribution in [3.05, 3.63) is 60.0 Å². The molecule has 0 bridgehead atoms. The highest BCUT2D eigenvalue weighted by Gasteiger charge is 2.13. The maximum absolute atomic E-state index is 12.0. The topological polar surface area (TPSA) is 86.5 Å². The molecule has 2 aromatic carbocycles. The van der Waals surface area contributed by atoms with Gasteiger partial charge in [0.05, 0.1) is 25.8 Å². The molecule has 0 amide bonds. The third kappa shape index (κ3) is 4.00. The van der Waals surface area contributed by atoms with Crippen molar-refractivity contribution < 1.29 is 18.7 Å². The summed E-state index contributed by atoms with van der Waals surface area (Å²) in [5.74, 6) is 1.21. The Labute approximate surface area is 151 Å². The molecule has 0 aliphatic heterocycles. The summed E-state index contributed by atoms with van der Waals surface area (Å²) in [6.07, 6.45) is 0. The SMILES string of the molecule is CCOC(=O)c1ccccc1NCc1nnc(-c2ccc(OC)cc2)o1. The lowest BCUT2D eigenvalue weighted by Crippen LogP contribution is -2.09. The minimum atomic E-state index is -0.375. The smallest absolute Gasteiger partial charge is 0.340 e. The van der Waals surface area contributed by atoms with Crippen molar-refractivity contribution in [2.45, 2.75) is 13.5 Å². The van der Waals surface area contributed by atoms with E-state index in [0.717, 1.165) is 11.3 Å². The molecule has 0 radical (unpaired) electrons. The van der Waals surface area contributed by atoms with Gasteiger partial charge in [-0.2, -0.15) is 0 Å². The number of aromatic nitrogens is 2. The molecule has 0 aliphatic carbocycles. The molecule has 7 heteroatoms. The van der Waals surface area contributed by atoms with Gasteiger partial charge in [-0.15, -0.1) is 10.2 Å². The normalized spacial score (nSPS) is 10.4. The molecule has 1 heterocycles. The van der Waals surface area contributed by atoms with Crippen molar-refractivity contribution in [1.29, 1.82) is 0 Å². The van der Waals surface area contributed by atoms with E-state index in [1.807, 2.05) is 30.3 Å². The molecule has 0 fully saturated rings. The van der Waals surface area contributed by atoms with Crippen LogP contribution in [0.4, 0.5) is 5.69 Å². The van der Waals surface area contributed by atoms with E-state index in [1.165, 1.54) is 0 Å². The van der Waals surface area contributed by atoms with Crippen LogP contribution in [-0.2, 0) is 11.3 Å². The fourth-order valence-electron chi connectivity index (χ4n) is 2.37. The average Bonchev–Trinajstić information content (AvgIpc) is 3.16. The van der Waals surface area contributed by atoms with Gasteiger partial charge in [0.1, 0.15) is 5.75 Å². The van der Waals surface area contributed by atoms with Gasteiger partial charge < -0.3 is 19.2 Å². The maximum atomic E-state index is 12.0. The zero-order valence-electron chi connectivity index (χ0n) is 14.6.